The monoisotopic (exact) mass is 433 g/mol. The third kappa shape index (κ3) is 5.02. The Bertz CT molecular complexity index is 1070. The molecule has 4 rings (SSSR count). The Morgan fingerprint density at radius 3 is 2.52 bits per heavy atom. The Morgan fingerprint density at radius 1 is 1.06 bits per heavy atom. The number of nitrogens with zero attached hydrogens (tertiary/aromatic N) is 1. The summed E-state index contributed by atoms with van der Waals surface area (Å²) in [6, 6.07) is 15.5. The number of anilines is 2. The Hall–Kier alpha value is -2.99. The summed E-state index contributed by atoms with van der Waals surface area (Å²) in [7, 11) is 0. The van der Waals surface area contributed by atoms with E-state index in [-0.39, 0.29) is 17.7 Å². The summed E-state index contributed by atoms with van der Waals surface area (Å²) in [6.45, 7) is 4.17. The highest BCUT2D eigenvalue weighted by molar-refractivity contribution is 7.16. The topological polar surface area (TPSA) is 71.1 Å². The van der Waals surface area contributed by atoms with Crippen molar-refractivity contribution < 1.29 is 9.59 Å². The van der Waals surface area contributed by atoms with Crippen molar-refractivity contribution in [2.75, 3.05) is 10.6 Å². The molecule has 31 heavy (non-hydrogen) atoms. The van der Waals surface area contributed by atoms with Crippen LogP contribution in [0.25, 0.3) is 0 Å². The van der Waals surface area contributed by atoms with E-state index in [2.05, 4.69) is 34.7 Å². The molecule has 1 aromatic heterocycles. The number of nitrogens with one attached hydrogen (secondary N) is 2. The van der Waals surface area contributed by atoms with Crippen molar-refractivity contribution in [2.45, 2.75) is 51.9 Å². The number of unbranched alkanes of at least 4 members (excludes halogenated alkanes) is 1. The van der Waals surface area contributed by atoms with Crippen LogP contribution in [0.3, 0.4) is 0 Å². The number of rotatable bonds is 7. The van der Waals surface area contributed by atoms with Crippen LogP contribution in [0.1, 0.15) is 64.2 Å². The number of carbonyl (C=O) groups is 2. The van der Waals surface area contributed by atoms with Gasteiger partial charge in [-0.3, -0.25) is 14.9 Å². The third-order valence-electron chi connectivity index (χ3n) is 5.61. The first-order chi connectivity index (χ1) is 15.0. The van der Waals surface area contributed by atoms with Crippen molar-refractivity contribution >= 4 is 34.0 Å². The molecule has 0 spiro atoms. The molecule has 2 N–H and O–H groups in total. The Kier molecular flexibility index (Phi) is 6.47. The van der Waals surface area contributed by atoms with Crippen LogP contribution in [0.2, 0.25) is 0 Å². The largest absolute Gasteiger partial charge is 0.326 e. The van der Waals surface area contributed by atoms with Crippen molar-refractivity contribution in [2.24, 2.45) is 0 Å². The fourth-order valence-electron chi connectivity index (χ4n) is 3.78. The van der Waals surface area contributed by atoms with Gasteiger partial charge in [0.1, 0.15) is 0 Å². The molecule has 1 atom stereocenters. The number of thiazole rings is 1. The van der Waals surface area contributed by atoms with Crippen molar-refractivity contribution in [3.05, 3.63) is 75.8 Å². The predicted molar refractivity (Wildman–Crippen MR) is 126 cm³/mol. The lowest BCUT2D eigenvalue weighted by molar-refractivity contribution is -0.117. The molecule has 1 aliphatic carbocycles. The van der Waals surface area contributed by atoms with E-state index in [9.17, 15) is 9.59 Å². The minimum absolute atomic E-state index is 0.0400. The minimum atomic E-state index is -0.281. The van der Waals surface area contributed by atoms with Gasteiger partial charge in [0.2, 0.25) is 5.91 Å². The molecular weight excluding hydrogens is 406 g/mol. The maximum absolute atomic E-state index is 12.9. The molecule has 0 saturated carbocycles. The van der Waals surface area contributed by atoms with Crippen LogP contribution in [0.4, 0.5) is 10.8 Å². The summed E-state index contributed by atoms with van der Waals surface area (Å²) in [4.78, 5) is 31.0. The van der Waals surface area contributed by atoms with Crippen molar-refractivity contribution in [3.8, 4) is 0 Å². The lowest BCUT2D eigenvalue weighted by Crippen LogP contribution is -2.20. The molecule has 0 saturated heterocycles. The van der Waals surface area contributed by atoms with E-state index in [1.165, 1.54) is 29.7 Å². The van der Waals surface area contributed by atoms with Crippen LogP contribution in [0.5, 0.6) is 0 Å². The Labute approximate surface area is 186 Å². The van der Waals surface area contributed by atoms with Gasteiger partial charge in [-0.25, -0.2) is 4.98 Å². The fourth-order valence-corrected chi connectivity index (χ4v) is 4.81. The van der Waals surface area contributed by atoms with E-state index < -0.39 is 0 Å². The number of fused-ring (bicyclic) bond motifs is 1. The van der Waals surface area contributed by atoms with Crippen LogP contribution in [0, 0.1) is 6.92 Å². The van der Waals surface area contributed by atoms with Gasteiger partial charge in [-0.1, -0.05) is 43.2 Å². The van der Waals surface area contributed by atoms with Gasteiger partial charge in [-0.15, -0.1) is 11.3 Å². The summed E-state index contributed by atoms with van der Waals surface area (Å²) in [5, 5.41) is 6.45. The standard InChI is InChI=1S/C25H27N3O2S/c1-3-4-5-17-8-12-19(13-9-17)26-24(30)20-14-15-21-22(20)27-25(31-21)28-23(29)18-10-6-16(2)7-11-18/h6-13,20H,3-5,14-15H2,1-2H3,(H,26,30)(H,27,28,29). The highest BCUT2D eigenvalue weighted by Gasteiger charge is 2.33. The molecule has 0 fully saturated rings. The summed E-state index contributed by atoms with van der Waals surface area (Å²) in [5.41, 5.74) is 4.59. The molecule has 1 aliphatic rings. The Balaban J connectivity index is 1.40. The molecule has 1 heterocycles. The number of carbonyl (C=O) groups excluding carboxylic acids is 2. The van der Waals surface area contributed by atoms with Gasteiger partial charge >= 0.3 is 0 Å². The van der Waals surface area contributed by atoms with Crippen LogP contribution >= 0.6 is 11.3 Å². The molecule has 6 heteroatoms. The molecule has 2 amide bonds. The van der Waals surface area contributed by atoms with Gasteiger partial charge in [-0.05, 0) is 62.4 Å². The van der Waals surface area contributed by atoms with Crippen LogP contribution in [-0.4, -0.2) is 16.8 Å². The van der Waals surface area contributed by atoms with Crippen molar-refractivity contribution in [3.63, 3.8) is 0 Å². The van der Waals surface area contributed by atoms with Gasteiger partial charge in [0.05, 0.1) is 11.6 Å². The SMILES string of the molecule is CCCCc1ccc(NC(=O)C2CCc3sc(NC(=O)c4ccc(C)cc4)nc32)cc1. The van der Waals surface area contributed by atoms with Gasteiger partial charge < -0.3 is 5.32 Å². The summed E-state index contributed by atoms with van der Waals surface area (Å²) in [6.07, 6.45) is 4.96. The van der Waals surface area contributed by atoms with E-state index >= 15 is 0 Å². The first kappa shape index (κ1) is 21.2. The number of aromatic nitrogens is 1. The molecule has 2 aromatic carbocycles. The summed E-state index contributed by atoms with van der Waals surface area (Å²) < 4.78 is 0. The van der Waals surface area contributed by atoms with Gasteiger partial charge in [0.15, 0.2) is 5.13 Å². The molecule has 5 nitrogen and oxygen atoms in total. The zero-order valence-electron chi connectivity index (χ0n) is 17.9. The van der Waals surface area contributed by atoms with Crippen molar-refractivity contribution in [1.82, 2.24) is 4.98 Å². The van der Waals surface area contributed by atoms with Gasteiger partial charge in [0.25, 0.3) is 5.91 Å². The zero-order valence-corrected chi connectivity index (χ0v) is 18.7. The normalized spacial score (nSPS) is 14.8. The number of hydrogen-bond donors (Lipinski definition) is 2. The summed E-state index contributed by atoms with van der Waals surface area (Å²) >= 11 is 1.46. The Morgan fingerprint density at radius 2 is 1.81 bits per heavy atom. The van der Waals surface area contributed by atoms with E-state index in [0.717, 1.165) is 41.1 Å². The lowest BCUT2D eigenvalue weighted by Gasteiger charge is -2.11. The maximum atomic E-state index is 12.9. The minimum Gasteiger partial charge on any atom is -0.326 e. The molecular formula is C25H27N3O2S. The van der Waals surface area contributed by atoms with Crippen LogP contribution in [-0.2, 0) is 17.6 Å². The fraction of sp³-hybridized carbons (Fsp3) is 0.320. The van der Waals surface area contributed by atoms with Gasteiger partial charge in [0, 0.05) is 16.1 Å². The van der Waals surface area contributed by atoms with E-state index in [0.29, 0.717) is 10.7 Å². The second kappa shape index (κ2) is 9.43. The maximum Gasteiger partial charge on any atom is 0.257 e. The third-order valence-corrected chi connectivity index (χ3v) is 6.66. The van der Waals surface area contributed by atoms with E-state index in [4.69, 9.17) is 0 Å². The van der Waals surface area contributed by atoms with Crippen molar-refractivity contribution in [1.29, 1.82) is 0 Å². The molecule has 0 bridgehead atoms. The quantitative estimate of drug-likeness (QED) is 0.501. The lowest BCUT2D eigenvalue weighted by atomic mass is 10.1. The smallest absolute Gasteiger partial charge is 0.257 e. The van der Waals surface area contributed by atoms with Crippen LogP contribution in [0.15, 0.2) is 48.5 Å². The average Bonchev–Trinajstić information content (AvgIpc) is 3.33. The van der Waals surface area contributed by atoms with Gasteiger partial charge in [-0.2, -0.15) is 0 Å². The summed E-state index contributed by atoms with van der Waals surface area (Å²) in [5.74, 6) is -0.505. The molecule has 160 valence electrons. The molecule has 1 unspecified atom stereocenters. The van der Waals surface area contributed by atoms with Crippen LogP contribution < -0.4 is 10.6 Å². The number of aryl methyl sites for hydroxylation is 3. The average molecular weight is 434 g/mol. The predicted octanol–water partition coefficient (Wildman–Crippen LogP) is 5.71. The first-order valence-corrected chi connectivity index (χ1v) is 11.6. The highest BCUT2D eigenvalue weighted by Crippen LogP contribution is 2.39. The zero-order chi connectivity index (χ0) is 21.8. The van der Waals surface area contributed by atoms with E-state index in [1.54, 1.807) is 12.1 Å². The molecule has 3 aromatic rings. The highest BCUT2D eigenvalue weighted by atomic mass is 32.1. The first-order valence-electron chi connectivity index (χ1n) is 10.8. The van der Waals surface area contributed by atoms with E-state index in [1.807, 2.05) is 31.2 Å². The number of hydrogen-bond acceptors (Lipinski definition) is 4. The number of amides is 2. The second-order valence-electron chi connectivity index (χ2n) is 8.03. The molecule has 0 radical (unpaired) electrons. The molecule has 0 aliphatic heterocycles. The second-order valence-corrected chi connectivity index (χ2v) is 9.11. The number of benzene rings is 2.